The van der Waals surface area contributed by atoms with E-state index in [-0.39, 0.29) is 30.8 Å². The second kappa shape index (κ2) is 12.5. The van der Waals surface area contributed by atoms with Crippen LogP contribution in [0.5, 0.6) is 0 Å². The number of aliphatic hydroxyl groups excluding tert-OH is 1. The molecule has 12 heteroatoms. The zero-order valence-corrected chi connectivity index (χ0v) is 20.7. The molecule has 0 aromatic heterocycles. The largest absolute Gasteiger partial charge is 0.469 e. The number of rotatable bonds is 9. The van der Waals surface area contributed by atoms with Crippen molar-refractivity contribution in [3.63, 3.8) is 0 Å². The normalized spacial score (nSPS) is 11.6. The molecule has 0 aliphatic carbocycles. The molecular weight excluding hydrogens is 527 g/mol. The number of nitrogens with zero attached hydrogens (tertiary/aromatic N) is 1. The van der Waals surface area contributed by atoms with E-state index in [9.17, 15) is 41.4 Å². The molecule has 3 rings (SSSR count). The number of hydrogen-bond acceptors (Lipinski definition) is 5. The second-order valence-electron chi connectivity index (χ2n) is 8.46. The van der Waals surface area contributed by atoms with E-state index in [1.165, 1.54) is 18.2 Å². The van der Waals surface area contributed by atoms with E-state index >= 15 is 0 Å². The maximum absolute atomic E-state index is 14.3. The Labute approximate surface area is 219 Å². The van der Waals surface area contributed by atoms with Gasteiger partial charge in [-0.3, -0.25) is 14.4 Å². The van der Waals surface area contributed by atoms with Gasteiger partial charge < -0.3 is 20.1 Å². The van der Waals surface area contributed by atoms with Crippen LogP contribution in [0.2, 0.25) is 0 Å². The lowest BCUT2D eigenvalue weighted by Crippen LogP contribution is -2.39. The number of methoxy groups -OCH3 is 1. The van der Waals surface area contributed by atoms with E-state index < -0.39 is 58.5 Å². The van der Waals surface area contributed by atoms with Crippen molar-refractivity contribution in [3.05, 3.63) is 94.3 Å². The fourth-order valence-electron chi connectivity index (χ4n) is 3.67. The minimum Gasteiger partial charge on any atom is -0.469 e. The van der Waals surface area contributed by atoms with Gasteiger partial charge in [0.2, 0.25) is 5.82 Å². The average molecular weight is 550 g/mol. The third-order valence-electron chi connectivity index (χ3n) is 5.71. The van der Waals surface area contributed by atoms with Crippen molar-refractivity contribution in [1.29, 1.82) is 0 Å². The number of benzene rings is 3. The first-order valence-corrected chi connectivity index (χ1v) is 11.5. The van der Waals surface area contributed by atoms with Crippen molar-refractivity contribution in [2.24, 2.45) is 0 Å². The van der Waals surface area contributed by atoms with Crippen molar-refractivity contribution in [2.45, 2.75) is 32.4 Å². The standard InChI is InChI=1S/C27H23F5N2O5/c1-14-8-9-16(33-26(37)20-21(28)23(30)25(32)24(31)22(20)29)17(12-14)34(13-15-6-4-3-5-7-15)27(38)18(35)10-11-19(36)39-2/h3-9,12,18,35H,10-11,13H2,1-2H3,(H,33,37). The fourth-order valence-corrected chi connectivity index (χ4v) is 3.67. The van der Waals surface area contributed by atoms with Crippen LogP contribution in [0.3, 0.4) is 0 Å². The summed E-state index contributed by atoms with van der Waals surface area (Å²) in [5.41, 5.74) is -0.826. The second-order valence-corrected chi connectivity index (χ2v) is 8.46. The molecule has 206 valence electrons. The Morgan fingerprint density at radius 1 is 0.923 bits per heavy atom. The zero-order chi connectivity index (χ0) is 28.9. The van der Waals surface area contributed by atoms with Crippen LogP contribution in [0.25, 0.3) is 0 Å². The molecule has 7 nitrogen and oxygen atoms in total. The third-order valence-corrected chi connectivity index (χ3v) is 5.71. The molecule has 3 aromatic carbocycles. The third kappa shape index (κ3) is 6.58. The lowest BCUT2D eigenvalue weighted by atomic mass is 10.1. The summed E-state index contributed by atoms with van der Waals surface area (Å²) in [6.07, 6.45) is -2.26. The highest BCUT2D eigenvalue weighted by atomic mass is 19.2. The number of hydrogen-bond donors (Lipinski definition) is 2. The Kier molecular flexibility index (Phi) is 9.36. The average Bonchev–Trinajstić information content (AvgIpc) is 2.93. The molecular formula is C27H23F5N2O5. The molecule has 0 bridgehead atoms. The van der Waals surface area contributed by atoms with E-state index in [2.05, 4.69) is 10.1 Å². The number of aliphatic hydroxyl groups is 1. The van der Waals surface area contributed by atoms with Crippen LogP contribution in [-0.2, 0) is 20.9 Å². The quantitative estimate of drug-likeness (QED) is 0.173. The number of esters is 1. The van der Waals surface area contributed by atoms with Gasteiger partial charge >= 0.3 is 5.97 Å². The van der Waals surface area contributed by atoms with Gasteiger partial charge in [0.25, 0.3) is 11.8 Å². The molecule has 0 radical (unpaired) electrons. The number of aryl methyl sites for hydroxylation is 1. The molecule has 0 saturated carbocycles. The van der Waals surface area contributed by atoms with Crippen LogP contribution >= 0.6 is 0 Å². The predicted octanol–water partition coefficient (Wildman–Crippen LogP) is 4.79. The summed E-state index contributed by atoms with van der Waals surface area (Å²) in [4.78, 5) is 38.7. The van der Waals surface area contributed by atoms with Crippen LogP contribution in [-0.4, -0.2) is 36.1 Å². The molecule has 0 spiro atoms. The molecule has 2 amide bonds. The van der Waals surface area contributed by atoms with Gasteiger partial charge in [-0.15, -0.1) is 0 Å². The van der Waals surface area contributed by atoms with Crippen molar-refractivity contribution in [2.75, 3.05) is 17.3 Å². The maximum atomic E-state index is 14.3. The van der Waals surface area contributed by atoms with Gasteiger partial charge in [0.1, 0.15) is 11.7 Å². The number of anilines is 2. The van der Waals surface area contributed by atoms with Crippen molar-refractivity contribution in [1.82, 2.24) is 0 Å². The first-order valence-electron chi connectivity index (χ1n) is 11.5. The summed E-state index contributed by atoms with van der Waals surface area (Å²) in [7, 11) is 1.14. The number of halogens is 5. The van der Waals surface area contributed by atoms with Crippen molar-refractivity contribution < 1.29 is 46.2 Å². The zero-order valence-electron chi connectivity index (χ0n) is 20.7. The first-order chi connectivity index (χ1) is 18.5. The smallest absolute Gasteiger partial charge is 0.305 e. The van der Waals surface area contributed by atoms with E-state index in [4.69, 9.17) is 0 Å². The van der Waals surface area contributed by atoms with Crippen LogP contribution in [0.15, 0.2) is 48.5 Å². The van der Waals surface area contributed by atoms with Crippen LogP contribution in [0, 0.1) is 36.0 Å². The fraction of sp³-hybridized carbons (Fsp3) is 0.222. The summed E-state index contributed by atoms with van der Waals surface area (Å²) in [5.74, 6) is -14.9. The molecule has 0 fully saturated rings. The molecule has 0 aliphatic heterocycles. The van der Waals surface area contributed by atoms with E-state index in [0.29, 0.717) is 11.1 Å². The SMILES string of the molecule is COC(=O)CCC(O)C(=O)N(Cc1ccccc1)c1cc(C)ccc1NC(=O)c1c(F)c(F)c(F)c(F)c1F. The number of amides is 2. The van der Waals surface area contributed by atoms with Crippen molar-refractivity contribution in [3.8, 4) is 0 Å². The van der Waals surface area contributed by atoms with Gasteiger partial charge in [0, 0.05) is 6.42 Å². The van der Waals surface area contributed by atoms with Gasteiger partial charge in [-0.25, -0.2) is 22.0 Å². The molecule has 0 heterocycles. The Bertz CT molecular complexity index is 1370. The summed E-state index contributed by atoms with van der Waals surface area (Å²) in [6.45, 7) is 1.49. The van der Waals surface area contributed by atoms with E-state index in [1.807, 2.05) is 0 Å². The maximum Gasteiger partial charge on any atom is 0.305 e. The molecule has 2 N–H and O–H groups in total. The molecule has 1 unspecified atom stereocenters. The monoisotopic (exact) mass is 550 g/mol. The molecule has 1 atom stereocenters. The highest BCUT2D eigenvalue weighted by Crippen LogP contribution is 2.31. The van der Waals surface area contributed by atoms with Crippen LogP contribution in [0.1, 0.15) is 34.3 Å². The molecule has 3 aromatic rings. The number of ether oxygens (including phenoxy) is 1. The molecule has 0 saturated heterocycles. The highest BCUT2D eigenvalue weighted by Gasteiger charge is 2.31. The van der Waals surface area contributed by atoms with Crippen LogP contribution in [0.4, 0.5) is 33.3 Å². The Morgan fingerprint density at radius 3 is 2.10 bits per heavy atom. The van der Waals surface area contributed by atoms with Gasteiger partial charge in [0.15, 0.2) is 23.3 Å². The lowest BCUT2D eigenvalue weighted by molar-refractivity contribution is -0.141. The van der Waals surface area contributed by atoms with Crippen molar-refractivity contribution >= 4 is 29.2 Å². The minimum atomic E-state index is -2.42. The minimum absolute atomic E-state index is 0.0433. The van der Waals surface area contributed by atoms with Crippen LogP contribution < -0.4 is 10.2 Å². The van der Waals surface area contributed by atoms with Gasteiger partial charge in [-0.05, 0) is 36.6 Å². The summed E-state index contributed by atoms with van der Waals surface area (Å²) in [6, 6.07) is 12.6. The van der Waals surface area contributed by atoms with Gasteiger partial charge in [0.05, 0.1) is 25.0 Å². The number of nitrogens with one attached hydrogen (secondary N) is 1. The Balaban J connectivity index is 2.05. The summed E-state index contributed by atoms with van der Waals surface area (Å²) < 4.78 is 73.9. The highest BCUT2D eigenvalue weighted by molar-refractivity contribution is 6.08. The van der Waals surface area contributed by atoms with Gasteiger partial charge in [-0.2, -0.15) is 0 Å². The van der Waals surface area contributed by atoms with Gasteiger partial charge in [-0.1, -0.05) is 36.4 Å². The Hall–Kier alpha value is -4.32. The molecule has 0 aliphatic rings. The van der Waals surface area contributed by atoms with E-state index in [0.717, 1.165) is 12.0 Å². The summed E-state index contributed by atoms with van der Waals surface area (Å²) >= 11 is 0. The topological polar surface area (TPSA) is 95.9 Å². The number of carbonyl (C=O) groups is 3. The number of carbonyl (C=O) groups excluding carboxylic acids is 3. The predicted molar refractivity (Wildman–Crippen MR) is 130 cm³/mol. The lowest BCUT2D eigenvalue weighted by Gasteiger charge is -2.28. The summed E-state index contributed by atoms with van der Waals surface area (Å²) in [5, 5.41) is 12.7. The first kappa shape index (κ1) is 29.2. The Morgan fingerprint density at radius 2 is 1.51 bits per heavy atom. The van der Waals surface area contributed by atoms with E-state index in [1.54, 1.807) is 37.3 Å². The molecule has 39 heavy (non-hydrogen) atoms.